The predicted octanol–water partition coefficient (Wildman–Crippen LogP) is 3.37. The Kier molecular flexibility index (Phi) is 5.33. The molecule has 0 fully saturated rings. The highest BCUT2D eigenvalue weighted by molar-refractivity contribution is 5.76. The molecule has 0 saturated heterocycles. The summed E-state index contributed by atoms with van der Waals surface area (Å²) in [5.74, 6) is 0.186. The molecular weight excluding hydrogens is 186 g/mol. The summed E-state index contributed by atoms with van der Waals surface area (Å²) in [6, 6.07) is 0. The molecule has 0 heterocycles. The minimum absolute atomic E-state index is 0.136. The number of carbonyl (C=O) groups is 1. The number of hydrogen-bond acceptors (Lipinski definition) is 1. The molecular formula is C13H27NO. The van der Waals surface area contributed by atoms with Crippen molar-refractivity contribution < 1.29 is 4.79 Å². The first-order valence-corrected chi connectivity index (χ1v) is 5.99. The molecule has 0 bridgehead atoms. The second-order valence-corrected chi connectivity index (χ2v) is 6.03. The second kappa shape index (κ2) is 5.53. The molecule has 0 aromatic carbocycles. The fraction of sp³-hybridized carbons (Fsp3) is 0.923. The van der Waals surface area contributed by atoms with E-state index < -0.39 is 0 Å². The van der Waals surface area contributed by atoms with E-state index in [0.717, 1.165) is 19.4 Å². The molecule has 1 N–H and O–H groups in total. The van der Waals surface area contributed by atoms with Crippen LogP contribution in [0.1, 0.15) is 60.8 Å². The number of nitrogens with one attached hydrogen (secondary N) is 1. The van der Waals surface area contributed by atoms with E-state index in [1.165, 1.54) is 0 Å². The van der Waals surface area contributed by atoms with Gasteiger partial charge in [0.25, 0.3) is 0 Å². The third-order valence-electron chi connectivity index (χ3n) is 2.77. The average Bonchev–Trinajstić information content (AvgIpc) is 2.00. The molecule has 90 valence electrons. The Balaban J connectivity index is 4.37. The Labute approximate surface area is 94.8 Å². The van der Waals surface area contributed by atoms with Gasteiger partial charge in [-0.05, 0) is 24.2 Å². The van der Waals surface area contributed by atoms with Gasteiger partial charge in [0.2, 0.25) is 5.91 Å². The van der Waals surface area contributed by atoms with Crippen molar-refractivity contribution in [3.8, 4) is 0 Å². The van der Waals surface area contributed by atoms with Gasteiger partial charge in [0, 0.05) is 13.0 Å². The molecule has 1 unspecified atom stereocenters. The molecule has 1 atom stereocenters. The van der Waals surface area contributed by atoms with Crippen molar-refractivity contribution in [3.05, 3.63) is 0 Å². The van der Waals surface area contributed by atoms with Gasteiger partial charge in [-0.2, -0.15) is 0 Å². The molecule has 2 nitrogen and oxygen atoms in total. The lowest BCUT2D eigenvalue weighted by molar-refractivity contribution is -0.123. The summed E-state index contributed by atoms with van der Waals surface area (Å²) in [4.78, 5) is 11.6. The summed E-state index contributed by atoms with van der Waals surface area (Å²) in [6.07, 6.45) is 2.80. The molecule has 0 aliphatic heterocycles. The minimum atomic E-state index is 0.136. The lowest BCUT2D eigenvalue weighted by Gasteiger charge is -2.34. The van der Waals surface area contributed by atoms with Crippen molar-refractivity contribution in [2.24, 2.45) is 10.8 Å². The molecule has 15 heavy (non-hydrogen) atoms. The lowest BCUT2D eigenvalue weighted by atomic mass is 9.71. The quantitative estimate of drug-likeness (QED) is 0.745. The highest BCUT2D eigenvalue weighted by Gasteiger charge is 2.30. The topological polar surface area (TPSA) is 29.1 Å². The second-order valence-electron chi connectivity index (χ2n) is 6.03. The third kappa shape index (κ3) is 6.53. The maximum absolute atomic E-state index is 11.6. The van der Waals surface area contributed by atoms with E-state index in [1.54, 1.807) is 0 Å². The van der Waals surface area contributed by atoms with Crippen LogP contribution in [0.2, 0.25) is 0 Å². The molecule has 2 heteroatoms. The van der Waals surface area contributed by atoms with Crippen LogP contribution in [-0.4, -0.2) is 12.5 Å². The summed E-state index contributed by atoms with van der Waals surface area (Å²) in [7, 11) is 0. The summed E-state index contributed by atoms with van der Waals surface area (Å²) < 4.78 is 0. The first kappa shape index (κ1) is 14.5. The van der Waals surface area contributed by atoms with Crippen LogP contribution in [0.5, 0.6) is 0 Å². The van der Waals surface area contributed by atoms with Crippen LogP contribution in [0.15, 0.2) is 0 Å². The maximum atomic E-state index is 11.6. The Bertz CT molecular complexity index is 205. The average molecular weight is 213 g/mol. The smallest absolute Gasteiger partial charge is 0.220 e. The van der Waals surface area contributed by atoms with Crippen molar-refractivity contribution in [3.63, 3.8) is 0 Å². The lowest BCUT2D eigenvalue weighted by Crippen LogP contribution is -2.32. The SMILES string of the molecule is CCNC(=O)CC(C)(CC)CC(C)(C)C. The van der Waals surface area contributed by atoms with E-state index in [2.05, 4.69) is 39.9 Å². The van der Waals surface area contributed by atoms with E-state index in [1.807, 2.05) is 6.92 Å². The van der Waals surface area contributed by atoms with Crippen LogP contribution in [-0.2, 0) is 4.79 Å². The fourth-order valence-corrected chi connectivity index (χ4v) is 2.24. The van der Waals surface area contributed by atoms with Crippen molar-refractivity contribution in [2.45, 2.75) is 60.8 Å². The normalized spacial score (nSPS) is 15.9. The minimum Gasteiger partial charge on any atom is -0.356 e. The Morgan fingerprint density at radius 1 is 1.13 bits per heavy atom. The van der Waals surface area contributed by atoms with Crippen molar-refractivity contribution in [2.75, 3.05) is 6.54 Å². The molecule has 0 aromatic rings. The Morgan fingerprint density at radius 3 is 2.00 bits per heavy atom. The standard InChI is InChI=1S/C13H27NO/c1-7-13(6,10-12(3,4)5)9-11(15)14-8-2/h7-10H2,1-6H3,(H,14,15). The van der Waals surface area contributed by atoms with E-state index in [9.17, 15) is 4.79 Å². The Morgan fingerprint density at radius 2 is 1.67 bits per heavy atom. The fourth-order valence-electron chi connectivity index (χ4n) is 2.24. The van der Waals surface area contributed by atoms with E-state index in [4.69, 9.17) is 0 Å². The van der Waals surface area contributed by atoms with E-state index in [-0.39, 0.29) is 16.7 Å². The summed E-state index contributed by atoms with van der Waals surface area (Å²) >= 11 is 0. The van der Waals surface area contributed by atoms with Crippen LogP contribution in [0.4, 0.5) is 0 Å². The molecule has 1 amide bonds. The summed E-state index contributed by atoms with van der Waals surface area (Å²) in [5, 5.41) is 2.88. The molecule has 0 rings (SSSR count). The molecule has 0 radical (unpaired) electrons. The first-order valence-electron chi connectivity index (χ1n) is 5.99. The number of hydrogen-bond donors (Lipinski definition) is 1. The highest BCUT2D eigenvalue weighted by atomic mass is 16.1. The van der Waals surface area contributed by atoms with Gasteiger partial charge < -0.3 is 5.32 Å². The molecule has 0 aliphatic rings. The van der Waals surface area contributed by atoms with Gasteiger partial charge in [-0.1, -0.05) is 41.0 Å². The van der Waals surface area contributed by atoms with Gasteiger partial charge >= 0.3 is 0 Å². The van der Waals surface area contributed by atoms with E-state index >= 15 is 0 Å². The first-order chi connectivity index (χ1) is 6.72. The van der Waals surface area contributed by atoms with Crippen molar-refractivity contribution in [1.29, 1.82) is 0 Å². The third-order valence-corrected chi connectivity index (χ3v) is 2.77. The van der Waals surface area contributed by atoms with Crippen LogP contribution in [0.25, 0.3) is 0 Å². The van der Waals surface area contributed by atoms with Crippen molar-refractivity contribution >= 4 is 5.91 Å². The Hall–Kier alpha value is -0.530. The van der Waals surface area contributed by atoms with Crippen LogP contribution in [0.3, 0.4) is 0 Å². The zero-order valence-corrected chi connectivity index (χ0v) is 11.2. The number of rotatable bonds is 5. The van der Waals surface area contributed by atoms with Gasteiger partial charge in [-0.15, -0.1) is 0 Å². The van der Waals surface area contributed by atoms with Gasteiger partial charge in [-0.3, -0.25) is 4.79 Å². The predicted molar refractivity (Wildman–Crippen MR) is 65.8 cm³/mol. The summed E-state index contributed by atoms with van der Waals surface area (Å²) in [5.41, 5.74) is 0.425. The number of carbonyl (C=O) groups excluding carboxylic acids is 1. The van der Waals surface area contributed by atoms with Gasteiger partial charge in [0.1, 0.15) is 0 Å². The van der Waals surface area contributed by atoms with Crippen LogP contribution < -0.4 is 5.32 Å². The zero-order valence-electron chi connectivity index (χ0n) is 11.2. The van der Waals surface area contributed by atoms with Crippen molar-refractivity contribution in [1.82, 2.24) is 5.32 Å². The van der Waals surface area contributed by atoms with Gasteiger partial charge in [0.05, 0.1) is 0 Å². The summed E-state index contributed by atoms with van der Waals surface area (Å²) in [6.45, 7) is 13.8. The molecule has 0 aliphatic carbocycles. The van der Waals surface area contributed by atoms with Crippen LogP contribution >= 0.6 is 0 Å². The van der Waals surface area contributed by atoms with E-state index in [0.29, 0.717) is 6.42 Å². The maximum Gasteiger partial charge on any atom is 0.220 e. The highest BCUT2D eigenvalue weighted by Crippen LogP contribution is 2.38. The number of amides is 1. The molecule has 0 aromatic heterocycles. The largest absolute Gasteiger partial charge is 0.356 e. The monoisotopic (exact) mass is 213 g/mol. The molecule has 0 saturated carbocycles. The zero-order chi connectivity index (χ0) is 12.1. The van der Waals surface area contributed by atoms with Gasteiger partial charge in [0.15, 0.2) is 0 Å². The van der Waals surface area contributed by atoms with Crippen LogP contribution in [0, 0.1) is 10.8 Å². The van der Waals surface area contributed by atoms with Gasteiger partial charge in [-0.25, -0.2) is 0 Å². The molecule has 0 spiro atoms.